The lowest BCUT2D eigenvalue weighted by Crippen LogP contribution is -2.29. The maximum absolute atomic E-state index is 13.7. The average molecular weight is 315 g/mol. The molecule has 0 aromatic heterocycles. The molecule has 0 saturated carbocycles. The van der Waals surface area contributed by atoms with Gasteiger partial charge in [0.1, 0.15) is 11.6 Å². The molecule has 2 aromatic carbocycles. The Hall–Kier alpha value is -2.07. The number of carbonyl (C=O) groups excluding carboxylic acids is 1. The van der Waals surface area contributed by atoms with E-state index in [1.54, 1.807) is 12.1 Å². The number of carbonyl (C=O) groups is 1. The van der Waals surface area contributed by atoms with Crippen molar-refractivity contribution in [3.63, 3.8) is 0 Å². The zero-order chi connectivity index (χ0) is 16.2. The summed E-state index contributed by atoms with van der Waals surface area (Å²) in [5.74, 6) is -1.93. The molecule has 1 saturated heterocycles. The van der Waals surface area contributed by atoms with Crippen LogP contribution in [0, 0.1) is 11.6 Å². The predicted molar refractivity (Wildman–Crippen MR) is 85.4 cm³/mol. The van der Waals surface area contributed by atoms with Gasteiger partial charge in [-0.15, -0.1) is 0 Å². The van der Waals surface area contributed by atoms with Gasteiger partial charge in [-0.05, 0) is 43.6 Å². The molecule has 0 aliphatic carbocycles. The predicted octanol–water partition coefficient (Wildman–Crippen LogP) is 4.18. The number of benzene rings is 2. The molecule has 1 aliphatic rings. The summed E-state index contributed by atoms with van der Waals surface area (Å²) < 4.78 is 26.6. The molecule has 0 unspecified atom stereocenters. The fourth-order valence-electron chi connectivity index (χ4n) is 2.97. The monoisotopic (exact) mass is 315 g/mol. The van der Waals surface area contributed by atoms with E-state index in [1.165, 1.54) is 25.3 Å². The quantitative estimate of drug-likeness (QED) is 0.789. The Balaban J connectivity index is 1.72. The number of ketones is 1. The molecule has 2 nitrogen and oxygen atoms in total. The summed E-state index contributed by atoms with van der Waals surface area (Å²) in [6.07, 6.45) is 3.77. The number of likely N-dealkylation sites (tertiary alicyclic amines) is 1. The minimum Gasteiger partial charge on any atom is -0.299 e. The van der Waals surface area contributed by atoms with E-state index in [1.807, 2.05) is 12.1 Å². The molecule has 0 bridgehead atoms. The Labute approximate surface area is 134 Å². The molecule has 3 rings (SSSR count). The minimum absolute atomic E-state index is 0.102. The third kappa shape index (κ3) is 3.82. The van der Waals surface area contributed by atoms with Gasteiger partial charge in [0.15, 0.2) is 5.78 Å². The van der Waals surface area contributed by atoms with E-state index in [2.05, 4.69) is 4.90 Å². The average Bonchev–Trinajstić information content (AvgIpc) is 2.56. The van der Waals surface area contributed by atoms with Gasteiger partial charge in [0.05, 0.1) is 5.56 Å². The van der Waals surface area contributed by atoms with Crippen molar-refractivity contribution in [1.82, 2.24) is 4.90 Å². The highest BCUT2D eigenvalue weighted by molar-refractivity contribution is 6.09. The minimum atomic E-state index is -0.826. The van der Waals surface area contributed by atoms with Gasteiger partial charge in [0.2, 0.25) is 0 Å². The SMILES string of the molecule is O=C(c1ccc(CN2CCCCC2)cc1)c1ccc(F)cc1F. The number of nitrogens with zero attached hydrogens (tertiary/aromatic N) is 1. The van der Waals surface area contributed by atoms with Crippen LogP contribution in [0.15, 0.2) is 42.5 Å². The van der Waals surface area contributed by atoms with Crippen molar-refractivity contribution >= 4 is 5.78 Å². The second-order valence-electron chi connectivity index (χ2n) is 5.99. The van der Waals surface area contributed by atoms with Crippen LogP contribution >= 0.6 is 0 Å². The van der Waals surface area contributed by atoms with Gasteiger partial charge in [0.25, 0.3) is 0 Å². The first kappa shape index (κ1) is 15.8. The highest BCUT2D eigenvalue weighted by atomic mass is 19.1. The molecule has 1 aliphatic heterocycles. The number of hydrogen-bond donors (Lipinski definition) is 0. The van der Waals surface area contributed by atoms with Crippen LogP contribution in [0.2, 0.25) is 0 Å². The summed E-state index contributed by atoms with van der Waals surface area (Å²) in [5.41, 5.74) is 1.45. The summed E-state index contributed by atoms with van der Waals surface area (Å²) >= 11 is 0. The molecule has 1 heterocycles. The topological polar surface area (TPSA) is 20.3 Å². The lowest BCUT2D eigenvalue weighted by Gasteiger charge is -2.26. The summed E-state index contributed by atoms with van der Waals surface area (Å²) in [6, 6.07) is 10.3. The Morgan fingerprint density at radius 1 is 0.957 bits per heavy atom. The van der Waals surface area contributed by atoms with Crippen LogP contribution in [0.3, 0.4) is 0 Å². The van der Waals surface area contributed by atoms with Gasteiger partial charge in [-0.1, -0.05) is 30.7 Å². The Morgan fingerprint density at radius 3 is 2.30 bits per heavy atom. The van der Waals surface area contributed by atoms with Gasteiger partial charge < -0.3 is 0 Å². The summed E-state index contributed by atoms with van der Waals surface area (Å²) in [5, 5.41) is 0. The molecule has 1 fully saturated rings. The van der Waals surface area contributed by atoms with Gasteiger partial charge in [-0.3, -0.25) is 9.69 Å². The van der Waals surface area contributed by atoms with Gasteiger partial charge >= 0.3 is 0 Å². The molecule has 0 spiro atoms. The lowest BCUT2D eigenvalue weighted by atomic mass is 10.0. The summed E-state index contributed by atoms with van der Waals surface area (Å²) in [7, 11) is 0. The first-order valence-corrected chi connectivity index (χ1v) is 7.94. The van der Waals surface area contributed by atoms with Crippen molar-refractivity contribution in [2.45, 2.75) is 25.8 Å². The molecule has 4 heteroatoms. The molecule has 23 heavy (non-hydrogen) atoms. The van der Waals surface area contributed by atoms with Gasteiger partial charge in [-0.2, -0.15) is 0 Å². The standard InChI is InChI=1S/C19H19F2NO/c20-16-8-9-17(18(21)12-16)19(23)15-6-4-14(5-7-15)13-22-10-2-1-3-11-22/h4-9,12H,1-3,10-11,13H2. The third-order valence-electron chi connectivity index (χ3n) is 4.25. The van der Waals surface area contributed by atoms with Crippen molar-refractivity contribution in [1.29, 1.82) is 0 Å². The van der Waals surface area contributed by atoms with E-state index in [0.29, 0.717) is 5.56 Å². The highest BCUT2D eigenvalue weighted by Gasteiger charge is 2.15. The number of halogens is 2. The van der Waals surface area contributed by atoms with E-state index >= 15 is 0 Å². The van der Waals surface area contributed by atoms with Crippen LogP contribution in [-0.2, 0) is 6.54 Å². The van der Waals surface area contributed by atoms with Crippen LogP contribution in [0.4, 0.5) is 8.78 Å². The van der Waals surface area contributed by atoms with Crippen LogP contribution in [0.25, 0.3) is 0 Å². The second kappa shape index (κ2) is 7.01. The van der Waals surface area contributed by atoms with Crippen molar-refractivity contribution < 1.29 is 13.6 Å². The van der Waals surface area contributed by atoms with E-state index in [9.17, 15) is 13.6 Å². The first-order chi connectivity index (χ1) is 11.1. The number of piperidine rings is 1. The van der Waals surface area contributed by atoms with Crippen LogP contribution in [-0.4, -0.2) is 23.8 Å². The molecular formula is C19H19F2NO. The molecule has 120 valence electrons. The zero-order valence-corrected chi connectivity index (χ0v) is 12.9. The van der Waals surface area contributed by atoms with Crippen molar-refractivity contribution in [2.24, 2.45) is 0 Å². The largest absolute Gasteiger partial charge is 0.299 e. The van der Waals surface area contributed by atoms with E-state index in [-0.39, 0.29) is 5.56 Å². The van der Waals surface area contributed by atoms with Crippen molar-refractivity contribution in [3.8, 4) is 0 Å². The fraction of sp³-hybridized carbons (Fsp3) is 0.316. The Kier molecular flexibility index (Phi) is 4.82. The van der Waals surface area contributed by atoms with E-state index < -0.39 is 17.4 Å². The fourth-order valence-corrected chi connectivity index (χ4v) is 2.97. The molecule has 2 aromatic rings. The normalized spacial score (nSPS) is 15.6. The zero-order valence-electron chi connectivity index (χ0n) is 12.9. The van der Waals surface area contributed by atoms with E-state index in [4.69, 9.17) is 0 Å². The van der Waals surface area contributed by atoms with Crippen molar-refractivity contribution in [2.75, 3.05) is 13.1 Å². The molecule has 0 amide bonds. The maximum Gasteiger partial charge on any atom is 0.195 e. The van der Waals surface area contributed by atoms with Crippen molar-refractivity contribution in [3.05, 3.63) is 70.8 Å². The lowest BCUT2D eigenvalue weighted by molar-refractivity contribution is 0.103. The number of rotatable bonds is 4. The molecule has 0 N–H and O–H groups in total. The number of hydrogen-bond acceptors (Lipinski definition) is 2. The van der Waals surface area contributed by atoms with Gasteiger partial charge in [0, 0.05) is 18.2 Å². The van der Waals surface area contributed by atoms with Gasteiger partial charge in [-0.25, -0.2) is 8.78 Å². The maximum atomic E-state index is 13.7. The highest BCUT2D eigenvalue weighted by Crippen LogP contribution is 2.17. The molecular weight excluding hydrogens is 296 g/mol. The third-order valence-corrected chi connectivity index (χ3v) is 4.25. The molecule has 0 radical (unpaired) electrons. The summed E-state index contributed by atoms with van der Waals surface area (Å²) in [4.78, 5) is 14.7. The Morgan fingerprint density at radius 2 is 1.65 bits per heavy atom. The second-order valence-corrected chi connectivity index (χ2v) is 5.99. The molecule has 0 atom stereocenters. The first-order valence-electron chi connectivity index (χ1n) is 7.94. The van der Waals surface area contributed by atoms with Crippen LogP contribution in [0.5, 0.6) is 0 Å². The smallest absolute Gasteiger partial charge is 0.195 e. The summed E-state index contributed by atoms with van der Waals surface area (Å²) in [6.45, 7) is 3.10. The van der Waals surface area contributed by atoms with Crippen LogP contribution in [0.1, 0.15) is 40.7 Å². The Bertz CT molecular complexity index is 691. The van der Waals surface area contributed by atoms with Crippen LogP contribution < -0.4 is 0 Å². The van der Waals surface area contributed by atoms with E-state index in [0.717, 1.165) is 37.3 Å².